The van der Waals surface area contributed by atoms with Crippen LogP contribution < -0.4 is 11.1 Å². The summed E-state index contributed by atoms with van der Waals surface area (Å²) < 4.78 is 0. The van der Waals surface area contributed by atoms with Gasteiger partial charge in [-0.15, -0.1) is 0 Å². The minimum absolute atomic E-state index is 0.00148. The molecule has 1 rings (SSSR count). The number of hydrogen-bond donors (Lipinski definition) is 2. The van der Waals surface area contributed by atoms with Gasteiger partial charge in [-0.2, -0.15) is 0 Å². The van der Waals surface area contributed by atoms with Gasteiger partial charge in [-0.25, -0.2) is 0 Å². The molecule has 3 N–H and O–H groups in total. The van der Waals surface area contributed by atoms with Crippen LogP contribution in [0.25, 0.3) is 0 Å². The number of amides is 1. The van der Waals surface area contributed by atoms with Gasteiger partial charge in [-0.3, -0.25) is 4.79 Å². The Bertz CT molecular complexity index is 278. The molecule has 0 aromatic rings. The zero-order valence-electron chi connectivity index (χ0n) is 10.3. The van der Waals surface area contributed by atoms with E-state index in [4.69, 9.17) is 18.0 Å². The molecule has 1 amide bonds. The van der Waals surface area contributed by atoms with Gasteiger partial charge in [-0.1, -0.05) is 33.0 Å². The van der Waals surface area contributed by atoms with Crippen molar-refractivity contribution in [2.24, 2.45) is 23.5 Å². The first-order valence-corrected chi connectivity index (χ1v) is 6.42. The van der Waals surface area contributed by atoms with Gasteiger partial charge >= 0.3 is 0 Å². The fourth-order valence-corrected chi connectivity index (χ4v) is 2.77. The molecular weight excluding hydrogens is 220 g/mol. The van der Waals surface area contributed by atoms with E-state index in [9.17, 15) is 4.79 Å². The Kier molecular flexibility index (Phi) is 4.71. The van der Waals surface area contributed by atoms with E-state index in [2.05, 4.69) is 12.2 Å². The van der Waals surface area contributed by atoms with Crippen molar-refractivity contribution in [1.82, 2.24) is 5.32 Å². The Morgan fingerprint density at radius 1 is 1.44 bits per heavy atom. The predicted octanol–water partition coefficient (Wildman–Crippen LogP) is 1.85. The minimum atomic E-state index is -0.328. The van der Waals surface area contributed by atoms with Gasteiger partial charge in [0.2, 0.25) is 5.91 Å². The van der Waals surface area contributed by atoms with Crippen LogP contribution in [0.15, 0.2) is 0 Å². The monoisotopic (exact) mass is 242 g/mol. The van der Waals surface area contributed by atoms with Crippen LogP contribution in [0, 0.1) is 17.8 Å². The molecule has 3 nitrogen and oxygen atoms in total. The molecule has 4 heteroatoms. The van der Waals surface area contributed by atoms with Gasteiger partial charge in [0.1, 0.15) is 0 Å². The Morgan fingerprint density at radius 3 is 2.44 bits per heavy atom. The molecule has 1 fully saturated rings. The van der Waals surface area contributed by atoms with Gasteiger partial charge in [0.25, 0.3) is 0 Å². The Morgan fingerprint density at radius 2 is 2.06 bits per heavy atom. The molecule has 3 unspecified atom stereocenters. The highest BCUT2D eigenvalue weighted by atomic mass is 32.1. The van der Waals surface area contributed by atoms with E-state index < -0.39 is 0 Å². The van der Waals surface area contributed by atoms with E-state index >= 15 is 0 Å². The third-order valence-corrected chi connectivity index (χ3v) is 3.55. The van der Waals surface area contributed by atoms with Crippen molar-refractivity contribution in [1.29, 1.82) is 0 Å². The van der Waals surface area contributed by atoms with Crippen molar-refractivity contribution in [3.63, 3.8) is 0 Å². The summed E-state index contributed by atoms with van der Waals surface area (Å²) >= 11 is 4.95. The van der Waals surface area contributed by atoms with Gasteiger partial charge < -0.3 is 11.1 Å². The van der Waals surface area contributed by atoms with Crippen molar-refractivity contribution in [2.75, 3.05) is 0 Å². The normalized spacial score (nSPS) is 26.8. The highest BCUT2D eigenvalue weighted by Gasteiger charge is 2.29. The lowest BCUT2D eigenvalue weighted by molar-refractivity contribution is -0.124. The van der Waals surface area contributed by atoms with E-state index in [1.807, 2.05) is 13.8 Å². The summed E-state index contributed by atoms with van der Waals surface area (Å²) in [6.45, 7) is 6.17. The van der Waals surface area contributed by atoms with Gasteiger partial charge in [-0.05, 0) is 31.1 Å². The van der Waals surface area contributed by atoms with E-state index in [1.165, 1.54) is 6.42 Å². The second-order valence-corrected chi connectivity index (χ2v) is 5.72. The van der Waals surface area contributed by atoms with Crippen molar-refractivity contribution < 1.29 is 4.79 Å². The lowest BCUT2D eigenvalue weighted by atomic mass is 9.94. The van der Waals surface area contributed by atoms with Crippen LogP contribution in [0.2, 0.25) is 0 Å². The molecule has 0 aromatic carbocycles. The van der Waals surface area contributed by atoms with Crippen LogP contribution in [0.4, 0.5) is 0 Å². The lowest BCUT2D eigenvalue weighted by Crippen LogP contribution is -2.44. The average Bonchev–Trinajstić information content (AvgIpc) is 2.49. The number of thiocarbonyl (C=S) groups is 1. The summed E-state index contributed by atoms with van der Waals surface area (Å²) in [4.78, 5) is 12.3. The van der Waals surface area contributed by atoms with Crippen molar-refractivity contribution in [3.8, 4) is 0 Å². The number of carbonyl (C=O) groups excluding carboxylic acids is 1. The Labute approximate surface area is 103 Å². The van der Waals surface area contributed by atoms with Crippen LogP contribution in [0.3, 0.4) is 0 Å². The summed E-state index contributed by atoms with van der Waals surface area (Å²) in [5.74, 6) is 0.552. The topological polar surface area (TPSA) is 55.1 Å². The molecule has 1 saturated carbocycles. The molecule has 92 valence electrons. The van der Waals surface area contributed by atoms with Crippen molar-refractivity contribution >= 4 is 23.1 Å². The fourth-order valence-electron chi connectivity index (χ4n) is 2.39. The third-order valence-electron chi connectivity index (χ3n) is 3.30. The number of nitrogens with two attached hydrogens (primary N) is 1. The fraction of sp³-hybridized carbons (Fsp3) is 0.833. The molecule has 1 aliphatic carbocycles. The SMILES string of the molecule is CC1CCC(NC(=O)C(C(N)=S)C(C)C)C1. The highest BCUT2D eigenvalue weighted by molar-refractivity contribution is 7.80. The molecule has 1 aliphatic rings. The number of rotatable bonds is 4. The Hall–Kier alpha value is -0.640. The maximum atomic E-state index is 12.0. The molecule has 0 bridgehead atoms. The molecule has 3 atom stereocenters. The molecule has 0 aliphatic heterocycles. The molecule has 0 heterocycles. The number of carbonyl (C=O) groups is 1. The first-order chi connectivity index (χ1) is 7.41. The second-order valence-electron chi connectivity index (χ2n) is 5.25. The van der Waals surface area contributed by atoms with Crippen LogP contribution in [0.5, 0.6) is 0 Å². The van der Waals surface area contributed by atoms with Gasteiger partial charge in [0.15, 0.2) is 0 Å². The zero-order chi connectivity index (χ0) is 12.3. The maximum Gasteiger partial charge on any atom is 0.230 e. The van der Waals surface area contributed by atoms with E-state index in [0.29, 0.717) is 16.9 Å². The standard InChI is InChI=1S/C12H22N2OS/c1-7(2)10(11(13)16)12(15)14-9-5-4-8(3)6-9/h7-10H,4-6H2,1-3H3,(H2,13,16)(H,14,15). The molecular formula is C12H22N2OS. The second kappa shape index (κ2) is 5.62. The summed E-state index contributed by atoms with van der Waals surface area (Å²) in [5, 5.41) is 3.07. The van der Waals surface area contributed by atoms with Gasteiger partial charge in [0.05, 0.1) is 10.9 Å². The molecule has 0 aromatic heterocycles. The summed E-state index contributed by atoms with van der Waals surface area (Å²) in [7, 11) is 0. The van der Waals surface area contributed by atoms with Crippen LogP contribution in [-0.2, 0) is 4.79 Å². The van der Waals surface area contributed by atoms with Crippen LogP contribution in [0.1, 0.15) is 40.0 Å². The highest BCUT2D eigenvalue weighted by Crippen LogP contribution is 2.25. The summed E-state index contributed by atoms with van der Waals surface area (Å²) in [5.41, 5.74) is 5.61. The van der Waals surface area contributed by atoms with Gasteiger partial charge in [0, 0.05) is 6.04 Å². The van der Waals surface area contributed by atoms with Crippen LogP contribution >= 0.6 is 12.2 Å². The quantitative estimate of drug-likeness (QED) is 0.740. The van der Waals surface area contributed by atoms with Crippen molar-refractivity contribution in [3.05, 3.63) is 0 Å². The van der Waals surface area contributed by atoms with Crippen LogP contribution in [-0.4, -0.2) is 16.9 Å². The summed E-state index contributed by atoms with van der Waals surface area (Å²) in [6, 6.07) is 0.318. The molecule has 0 radical (unpaired) electrons. The largest absolute Gasteiger partial charge is 0.393 e. The predicted molar refractivity (Wildman–Crippen MR) is 70.1 cm³/mol. The zero-order valence-corrected chi connectivity index (χ0v) is 11.1. The smallest absolute Gasteiger partial charge is 0.230 e. The molecule has 16 heavy (non-hydrogen) atoms. The third kappa shape index (κ3) is 3.44. The summed E-state index contributed by atoms with van der Waals surface area (Å²) in [6.07, 6.45) is 3.35. The van der Waals surface area contributed by atoms with Crippen molar-refractivity contribution in [2.45, 2.75) is 46.1 Å². The first kappa shape index (κ1) is 13.4. The van der Waals surface area contributed by atoms with E-state index in [0.717, 1.165) is 12.8 Å². The number of nitrogens with one attached hydrogen (secondary N) is 1. The first-order valence-electron chi connectivity index (χ1n) is 6.01. The van der Waals surface area contributed by atoms with E-state index in [1.54, 1.807) is 0 Å². The lowest BCUT2D eigenvalue weighted by Gasteiger charge is -2.21. The average molecular weight is 242 g/mol. The Balaban J connectivity index is 2.53. The number of hydrogen-bond acceptors (Lipinski definition) is 2. The minimum Gasteiger partial charge on any atom is -0.393 e. The van der Waals surface area contributed by atoms with E-state index in [-0.39, 0.29) is 17.7 Å². The molecule has 0 spiro atoms. The maximum absolute atomic E-state index is 12.0. The molecule has 0 saturated heterocycles.